The van der Waals surface area contributed by atoms with Gasteiger partial charge in [0.1, 0.15) is 17.5 Å². The first-order valence-electron chi connectivity index (χ1n) is 14.6. The van der Waals surface area contributed by atoms with Crippen molar-refractivity contribution in [2.45, 2.75) is 63.3 Å². The second-order valence-corrected chi connectivity index (χ2v) is 12.2. The van der Waals surface area contributed by atoms with Gasteiger partial charge in [0.05, 0.1) is 23.1 Å². The fourth-order valence-electron chi connectivity index (χ4n) is 6.05. The predicted molar refractivity (Wildman–Crippen MR) is 160 cm³/mol. The van der Waals surface area contributed by atoms with E-state index in [1.54, 1.807) is 37.8 Å². The number of halogens is 1. The molecule has 0 aliphatic carbocycles. The molecule has 5 rings (SSSR count). The number of carboxylic acids is 1. The standard InChI is InChI=1S/C33H34FN3O8/c1-33(2,3)45-32(41)35-27-17-28(44-18-26(27)25-16-22(37(42)43)12-13-24(25)31(39)40)30(38)36-15-14-19-6-4-5-7-23(19)29(36)20-8-10-21(34)11-9-20/h4-13,16,26-29H,14-15,17-18H2,1-3H3,(H,35,41)(H,39,40)/t26-,27?,28?,29+/m1/s1. The van der Waals surface area contributed by atoms with E-state index in [0.29, 0.717) is 13.0 Å². The van der Waals surface area contributed by atoms with Gasteiger partial charge in [0, 0.05) is 37.1 Å². The number of nitro groups is 1. The molecule has 45 heavy (non-hydrogen) atoms. The Hall–Kier alpha value is -4.84. The highest BCUT2D eigenvalue weighted by Crippen LogP contribution is 2.38. The van der Waals surface area contributed by atoms with E-state index in [1.165, 1.54) is 12.1 Å². The maximum absolute atomic E-state index is 14.2. The topological polar surface area (TPSA) is 148 Å². The number of hydrogen-bond donors (Lipinski definition) is 2. The first-order chi connectivity index (χ1) is 21.3. The van der Waals surface area contributed by atoms with Crippen molar-refractivity contribution in [2.75, 3.05) is 13.2 Å². The highest BCUT2D eigenvalue weighted by atomic mass is 19.1. The van der Waals surface area contributed by atoms with Gasteiger partial charge >= 0.3 is 12.1 Å². The zero-order valence-electron chi connectivity index (χ0n) is 25.1. The van der Waals surface area contributed by atoms with Crippen molar-refractivity contribution in [2.24, 2.45) is 0 Å². The third kappa shape index (κ3) is 6.96. The van der Waals surface area contributed by atoms with E-state index >= 15 is 0 Å². The Kier molecular flexibility index (Phi) is 8.87. The van der Waals surface area contributed by atoms with E-state index in [4.69, 9.17) is 9.47 Å². The third-order valence-corrected chi connectivity index (χ3v) is 8.04. The number of benzene rings is 3. The highest BCUT2D eigenvalue weighted by molar-refractivity contribution is 5.90. The monoisotopic (exact) mass is 619 g/mol. The fraction of sp³-hybridized carbons (Fsp3) is 0.364. The normalized spacial score (nSPS) is 21.4. The minimum atomic E-state index is -1.30. The second-order valence-electron chi connectivity index (χ2n) is 12.2. The number of carbonyl (C=O) groups excluding carboxylic acids is 2. The van der Waals surface area contributed by atoms with E-state index in [0.717, 1.165) is 34.9 Å². The van der Waals surface area contributed by atoms with Gasteiger partial charge in [-0.15, -0.1) is 0 Å². The van der Waals surface area contributed by atoms with Gasteiger partial charge < -0.3 is 24.8 Å². The third-order valence-electron chi connectivity index (χ3n) is 8.04. The lowest BCUT2D eigenvalue weighted by molar-refractivity contribution is -0.384. The lowest BCUT2D eigenvalue weighted by atomic mass is 9.83. The molecule has 0 saturated carbocycles. The van der Waals surface area contributed by atoms with Gasteiger partial charge in [-0.05, 0) is 67.6 Å². The molecule has 11 nitrogen and oxygen atoms in total. The number of alkyl carbamates (subject to hydrolysis) is 1. The summed E-state index contributed by atoms with van der Waals surface area (Å²) in [5.41, 5.74) is 1.44. The van der Waals surface area contributed by atoms with Crippen LogP contribution in [0.5, 0.6) is 0 Å². The summed E-state index contributed by atoms with van der Waals surface area (Å²) in [5, 5.41) is 24.2. The average Bonchev–Trinajstić information content (AvgIpc) is 2.99. The van der Waals surface area contributed by atoms with Crippen molar-refractivity contribution in [1.29, 1.82) is 0 Å². The molecule has 4 atom stereocenters. The van der Waals surface area contributed by atoms with E-state index in [1.807, 2.05) is 24.3 Å². The Morgan fingerprint density at radius 2 is 1.78 bits per heavy atom. The van der Waals surface area contributed by atoms with E-state index in [-0.39, 0.29) is 35.7 Å². The largest absolute Gasteiger partial charge is 0.478 e. The minimum absolute atomic E-state index is 0.0568. The summed E-state index contributed by atoms with van der Waals surface area (Å²) in [6.45, 7) is 5.22. The Morgan fingerprint density at radius 1 is 1.07 bits per heavy atom. The predicted octanol–water partition coefficient (Wildman–Crippen LogP) is 5.37. The summed E-state index contributed by atoms with van der Waals surface area (Å²) in [6.07, 6.45) is -1.30. The molecular formula is C33H34FN3O8. The number of carbonyl (C=O) groups is 3. The Labute approximate surface area is 259 Å². The van der Waals surface area contributed by atoms with Gasteiger partial charge in [-0.3, -0.25) is 14.9 Å². The molecule has 0 aromatic heterocycles. The van der Waals surface area contributed by atoms with E-state index in [2.05, 4.69) is 5.32 Å². The molecule has 0 radical (unpaired) electrons. The van der Waals surface area contributed by atoms with Crippen molar-refractivity contribution in [3.63, 3.8) is 0 Å². The van der Waals surface area contributed by atoms with Gasteiger partial charge in [-0.1, -0.05) is 36.4 Å². The van der Waals surface area contributed by atoms with Crippen LogP contribution in [-0.2, 0) is 20.7 Å². The molecule has 1 fully saturated rings. The number of ether oxygens (including phenoxy) is 2. The molecule has 2 aliphatic rings. The van der Waals surface area contributed by atoms with Gasteiger partial charge in [-0.25, -0.2) is 14.0 Å². The fourth-order valence-corrected chi connectivity index (χ4v) is 6.05. The Balaban J connectivity index is 1.49. The van der Waals surface area contributed by atoms with E-state index < -0.39 is 52.5 Å². The minimum Gasteiger partial charge on any atom is -0.478 e. The number of fused-ring (bicyclic) bond motifs is 1. The van der Waals surface area contributed by atoms with Gasteiger partial charge in [0.25, 0.3) is 11.6 Å². The summed E-state index contributed by atoms with van der Waals surface area (Å²) in [5.74, 6) is -2.91. The van der Waals surface area contributed by atoms with Gasteiger partial charge in [0.2, 0.25) is 0 Å². The smallest absolute Gasteiger partial charge is 0.407 e. The van der Waals surface area contributed by atoms with Crippen LogP contribution in [0.4, 0.5) is 14.9 Å². The second kappa shape index (κ2) is 12.6. The Morgan fingerprint density at radius 3 is 2.44 bits per heavy atom. The molecule has 2 aliphatic heterocycles. The van der Waals surface area contributed by atoms with Gasteiger partial charge in [-0.2, -0.15) is 0 Å². The van der Waals surface area contributed by atoms with Crippen LogP contribution in [0.2, 0.25) is 0 Å². The van der Waals surface area contributed by atoms with Crippen LogP contribution >= 0.6 is 0 Å². The maximum atomic E-state index is 14.2. The molecule has 0 bridgehead atoms. The number of aromatic carboxylic acids is 1. The van der Waals surface area contributed by atoms with Crippen LogP contribution in [0.15, 0.2) is 66.7 Å². The number of hydrogen-bond acceptors (Lipinski definition) is 7. The number of carboxylic acid groups (broad SMARTS) is 1. The molecular weight excluding hydrogens is 585 g/mol. The molecule has 0 spiro atoms. The number of nitro benzene ring substituents is 1. The van der Waals surface area contributed by atoms with Crippen LogP contribution < -0.4 is 5.32 Å². The van der Waals surface area contributed by atoms with Crippen molar-refractivity contribution in [3.8, 4) is 0 Å². The lowest BCUT2D eigenvalue weighted by Crippen LogP contribution is -2.54. The molecule has 2 heterocycles. The molecule has 236 valence electrons. The van der Waals surface area contributed by atoms with Crippen molar-refractivity contribution < 1.29 is 38.3 Å². The molecule has 12 heteroatoms. The maximum Gasteiger partial charge on any atom is 0.407 e. The summed E-state index contributed by atoms with van der Waals surface area (Å²) < 4.78 is 25.4. The first-order valence-corrected chi connectivity index (χ1v) is 14.6. The zero-order valence-corrected chi connectivity index (χ0v) is 25.1. The summed E-state index contributed by atoms with van der Waals surface area (Å²) >= 11 is 0. The van der Waals surface area contributed by atoms with Crippen molar-refractivity contribution in [1.82, 2.24) is 10.2 Å². The van der Waals surface area contributed by atoms with Gasteiger partial charge in [0.15, 0.2) is 0 Å². The quantitative estimate of drug-likeness (QED) is 0.276. The van der Waals surface area contributed by atoms with Crippen LogP contribution in [0.25, 0.3) is 0 Å². The number of non-ortho nitro benzene ring substituents is 1. The van der Waals surface area contributed by atoms with Crippen LogP contribution in [0.3, 0.4) is 0 Å². The molecule has 2 N–H and O–H groups in total. The van der Waals surface area contributed by atoms with Crippen molar-refractivity contribution in [3.05, 3.63) is 110 Å². The molecule has 2 unspecified atom stereocenters. The lowest BCUT2D eigenvalue weighted by Gasteiger charge is -2.42. The molecule has 1 saturated heterocycles. The summed E-state index contributed by atoms with van der Waals surface area (Å²) in [4.78, 5) is 51.9. The molecule has 3 aromatic carbocycles. The number of rotatable bonds is 6. The van der Waals surface area contributed by atoms with Crippen LogP contribution in [0.1, 0.15) is 71.8 Å². The van der Waals surface area contributed by atoms with Crippen LogP contribution in [0, 0.1) is 15.9 Å². The number of nitrogens with zero attached hydrogens (tertiary/aromatic N) is 2. The molecule has 3 aromatic rings. The highest BCUT2D eigenvalue weighted by Gasteiger charge is 2.43. The summed E-state index contributed by atoms with van der Waals surface area (Å²) in [6, 6.07) is 15.7. The Bertz CT molecular complexity index is 1620. The average molecular weight is 620 g/mol. The molecule has 2 amide bonds. The number of amides is 2. The number of nitrogens with one attached hydrogen (secondary N) is 1. The SMILES string of the molecule is CC(C)(C)OC(=O)NC1CC(C(=O)N2CCc3ccccc3[C@@H]2c2ccc(F)cc2)OC[C@@H]1c1cc([N+](=O)[O-])ccc1C(=O)O. The van der Waals surface area contributed by atoms with Crippen molar-refractivity contribution >= 4 is 23.7 Å². The first kappa shape index (κ1) is 31.6. The van der Waals surface area contributed by atoms with Crippen LogP contribution in [-0.4, -0.2) is 63.8 Å². The zero-order chi connectivity index (χ0) is 32.5. The summed E-state index contributed by atoms with van der Waals surface area (Å²) in [7, 11) is 0. The van der Waals surface area contributed by atoms with E-state index in [9.17, 15) is 34.0 Å².